The molecule has 2 N–H and O–H groups in total. The monoisotopic (exact) mass is 354 g/mol. The SMILES string of the molecule is CCCC(C)(N)C(=O)N(C)Cc1ccc(Br)s1.Cl. The fourth-order valence-corrected chi connectivity index (χ4v) is 3.34. The molecule has 104 valence electrons. The molecule has 0 aliphatic carbocycles. The summed E-state index contributed by atoms with van der Waals surface area (Å²) in [7, 11) is 1.80. The van der Waals surface area contributed by atoms with Gasteiger partial charge in [-0.1, -0.05) is 13.3 Å². The number of nitrogens with two attached hydrogens (primary N) is 1. The van der Waals surface area contributed by atoms with E-state index in [2.05, 4.69) is 15.9 Å². The summed E-state index contributed by atoms with van der Waals surface area (Å²) in [5.41, 5.74) is 5.28. The van der Waals surface area contributed by atoms with Gasteiger partial charge in [0.25, 0.3) is 0 Å². The molecule has 1 heterocycles. The van der Waals surface area contributed by atoms with E-state index in [0.717, 1.165) is 15.1 Å². The summed E-state index contributed by atoms with van der Waals surface area (Å²) in [6, 6.07) is 4.01. The fourth-order valence-electron chi connectivity index (χ4n) is 1.80. The minimum Gasteiger partial charge on any atom is -0.339 e. The number of hydrogen-bond acceptors (Lipinski definition) is 3. The van der Waals surface area contributed by atoms with Crippen LogP contribution >= 0.6 is 39.7 Å². The predicted octanol–water partition coefficient (Wildman–Crippen LogP) is 3.41. The van der Waals surface area contributed by atoms with E-state index < -0.39 is 5.54 Å². The smallest absolute Gasteiger partial charge is 0.242 e. The van der Waals surface area contributed by atoms with Gasteiger partial charge in [0, 0.05) is 11.9 Å². The molecule has 1 rings (SSSR count). The van der Waals surface area contributed by atoms with Crippen molar-refractivity contribution in [2.75, 3.05) is 7.05 Å². The number of carbonyl (C=O) groups excluding carboxylic acids is 1. The minimum absolute atomic E-state index is 0. The van der Waals surface area contributed by atoms with Crippen LogP contribution in [0.15, 0.2) is 15.9 Å². The average Bonchev–Trinajstić information content (AvgIpc) is 2.62. The van der Waals surface area contributed by atoms with Gasteiger partial charge in [-0.2, -0.15) is 0 Å². The summed E-state index contributed by atoms with van der Waals surface area (Å²) in [6.07, 6.45) is 1.63. The first-order chi connectivity index (χ1) is 7.86. The molecule has 0 aliphatic rings. The van der Waals surface area contributed by atoms with E-state index in [0.29, 0.717) is 13.0 Å². The third-order valence-corrected chi connectivity index (χ3v) is 4.23. The second-order valence-corrected chi connectivity index (χ2v) is 7.08. The molecule has 1 amide bonds. The highest BCUT2D eigenvalue weighted by Gasteiger charge is 2.30. The lowest BCUT2D eigenvalue weighted by Gasteiger charge is -2.28. The van der Waals surface area contributed by atoms with Crippen LogP contribution in [0.5, 0.6) is 0 Å². The molecule has 0 spiro atoms. The van der Waals surface area contributed by atoms with Crippen molar-refractivity contribution in [3.8, 4) is 0 Å². The van der Waals surface area contributed by atoms with Crippen molar-refractivity contribution in [3.63, 3.8) is 0 Å². The summed E-state index contributed by atoms with van der Waals surface area (Å²) in [5, 5.41) is 0. The Kier molecular flexibility index (Phi) is 7.44. The third-order valence-electron chi connectivity index (χ3n) is 2.63. The quantitative estimate of drug-likeness (QED) is 0.880. The molecule has 0 saturated heterocycles. The molecule has 18 heavy (non-hydrogen) atoms. The van der Waals surface area contributed by atoms with Gasteiger partial charge < -0.3 is 10.6 Å². The van der Waals surface area contributed by atoms with Gasteiger partial charge in [-0.15, -0.1) is 23.7 Å². The lowest BCUT2D eigenvalue weighted by molar-refractivity contribution is -0.135. The Bertz CT molecular complexity index is 395. The van der Waals surface area contributed by atoms with E-state index in [1.54, 1.807) is 30.2 Å². The molecule has 0 aliphatic heterocycles. The number of thiophene rings is 1. The van der Waals surface area contributed by atoms with Crippen LogP contribution in [0.1, 0.15) is 31.6 Å². The second-order valence-electron chi connectivity index (χ2n) is 4.53. The number of rotatable bonds is 5. The molecule has 1 aromatic heterocycles. The maximum absolute atomic E-state index is 12.2. The normalized spacial score (nSPS) is 13.6. The first-order valence-corrected chi connectivity index (χ1v) is 7.26. The zero-order chi connectivity index (χ0) is 13.1. The number of halogens is 2. The highest BCUT2D eigenvalue weighted by atomic mass is 79.9. The predicted molar refractivity (Wildman–Crippen MR) is 83.2 cm³/mol. The van der Waals surface area contributed by atoms with Crippen LogP contribution in [0.3, 0.4) is 0 Å². The van der Waals surface area contributed by atoms with E-state index in [1.165, 1.54) is 0 Å². The van der Waals surface area contributed by atoms with Gasteiger partial charge in [-0.25, -0.2) is 0 Å². The first-order valence-electron chi connectivity index (χ1n) is 5.65. The molecule has 0 bridgehead atoms. The van der Waals surface area contributed by atoms with Crippen LogP contribution in [0.2, 0.25) is 0 Å². The summed E-state index contributed by atoms with van der Waals surface area (Å²) >= 11 is 5.05. The molecule has 6 heteroatoms. The molecule has 0 aromatic carbocycles. The first kappa shape index (κ1) is 17.9. The Morgan fingerprint density at radius 2 is 2.17 bits per heavy atom. The average molecular weight is 356 g/mol. The van der Waals surface area contributed by atoms with Crippen molar-refractivity contribution >= 4 is 45.6 Å². The maximum atomic E-state index is 12.2. The minimum atomic E-state index is -0.752. The van der Waals surface area contributed by atoms with Crippen LogP contribution < -0.4 is 5.73 Å². The Morgan fingerprint density at radius 1 is 1.56 bits per heavy atom. The molecule has 1 unspecified atom stereocenters. The van der Waals surface area contributed by atoms with E-state index in [1.807, 2.05) is 19.1 Å². The van der Waals surface area contributed by atoms with Crippen molar-refractivity contribution in [2.45, 2.75) is 38.8 Å². The Labute approximate surface area is 127 Å². The summed E-state index contributed by atoms with van der Waals surface area (Å²) in [5.74, 6) is 0.00359. The maximum Gasteiger partial charge on any atom is 0.242 e. The van der Waals surface area contributed by atoms with Gasteiger partial charge in [0.15, 0.2) is 0 Å². The van der Waals surface area contributed by atoms with Crippen LogP contribution in [0.25, 0.3) is 0 Å². The van der Waals surface area contributed by atoms with E-state index >= 15 is 0 Å². The van der Waals surface area contributed by atoms with E-state index in [-0.39, 0.29) is 18.3 Å². The number of nitrogens with zero attached hydrogens (tertiary/aromatic N) is 1. The summed E-state index contributed by atoms with van der Waals surface area (Å²) < 4.78 is 1.08. The molecular formula is C12H20BrClN2OS. The van der Waals surface area contributed by atoms with Crippen molar-refractivity contribution < 1.29 is 4.79 Å². The summed E-state index contributed by atoms with van der Waals surface area (Å²) in [4.78, 5) is 15.0. The topological polar surface area (TPSA) is 46.3 Å². The number of likely N-dealkylation sites (N-methyl/N-ethyl adjacent to an activating group) is 1. The largest absolute Gasteiger partial charge is 0.339 e. The Morgan fingerprint density at radius 3 is 2.61 bits per heavy atom. The second kappa shape index (κ2) is 7.48. The number of amides is 1. The third kappa shape index (κ3) is 4.88. The Balaban J connectivity index is 0.00000289. The van der Waals surface area contributed by atoms with Gasteiger partial charge >= 0.3 is 0 Å². The van der Waals surface area contributed by atoms with Crippen molar-refractivity contribution in [3.05, 3.63) is 20.8 Å². The van der Waals surface area contributed by atoms with Gasteiger partial charge in [0.05, 0.1) is 15.9 Å². The lowest BCUT2D eigenvalue weighted by Crippen LogP contribution is -2.51. The molecule has 0 saturated carbocycles. The molecule has 0 radical (unpaired) electrons. The molecular weight excluding hydrogens is 336 g/mol. The van der Waals surface area contributed by atoms with Gasteiger partial charge in [-0.05, 0) is 41.4 Å². The molecule has 0 fully saturated rings. The van der Waals surface area contributed by atoms with Gasteiger partial charge in [-0.3, -0.25) is 4.79 Å². The van der Waals surface area contributed by atoms with E-state index in [9.17, 15) is 4.79 Å². The van der Waals surface area contributed by atoms with Crippen molar-refractivity contribution in [2.24, 2.45) is 5.73 Å². The standard InChI is InChI=1S/C12H19BrN2OS.ClH/c1-4-7-12(2,14)11(16)15(3)8-9-5-6-10(13)17-9;/h5-6H,4,7-8,14H2,1-3H3;1H. The Hall–Kier alpha value is -0.100. The van der Waals surface area contributed by atoms with Gasteiger partial charge in [0.2, 0.25) is 5.91 Å². The fraction of sp³-hybridized carbons (Fsp3) is 0.583. The number of carbonyl (C=O) groups is 1. The van der Waals surface area contributed by atoms with Crippen LogP contribution in [0, 0.1) is 0 Å². The number of hydrogen-bond donors (Lipinski definition) is 1. The van der Waals surface area contributed by atoms with Crippen LogP contribution in [0.4, 0.5) is 0 Å². The highest BCUT2D eigenvalue weighted by molar-refractivity contribution is 9.11. The van der Waals surface area contributed by atoms with Crippen LogP contribution in [-0.4, -0.2) is 23.4 Å². The zero-order valence-electron chi connectivity index (χ0n) is 10.9. The van der Waals surface area contributed by atoms with Gasteiger partial charge in [0.1, 0.15) is 0 Å². The summed E-state index contributed by atoms with van der Waals surface area (Å²) in [6.45, 7) is 4.46. The highest BCUT2D eigenvalue weighted by Crippen LogP contribution is 2.23. The van der Waals surface area contributed by atoms with E-state index in [4.69, 9.17) is 5.73 Å². The lowest BCUT2D eigenvalue weighted by atomic mass is 9.96. The molecule has 1 aromatic rings. The van der Waals surface area contributed by atoms with Crippen LogP contribution in [-0.2, 0) is 11.3 Å². The van der Waals surface area contributed by atoms with Crippen molar-refractivity contribution in [1.29, 1.82) is 0 Å². The zero-order valence-corrected chi connectivity index (χ0v) is 14.1. The van der Waals surface area contributed by atoms with Crippen molar-refractivity contribution in [1.82, 2.24) is 4.90 Å². The molecule has 3 nitrogen and oxygen atoms in total. The molecule has 1 atom stereocenters.